The fraction of sp³-hybridized carbons (Fsp3) is 0.900. The average molecular weight is 219 g/mol. The normalized spacial score (nSPS) is 15.1. The molecule has 0 saturated carbocycles. The van der Waals surface area contributed by atoms with E-state index in [2.05, 4.69) is 5.32 Å². The van der Waals surface area contributed by atoms with Crippen LogP contribution in [0.3, 0.4) is 0 Å². The summed E-state index contributed by atoms with van der Waals surface area (Å²) in [5.41, 5.74) is 0. The first-order valence-electron chi connectivity index (χ1n) is 5.05. The summed E-state index contributed by atoms with van der Waals surface area (Å²) in [6.07, 6.45) is -0.373. The molecule has 2 atom stereocenters. The van der Waals surface area contributed by atoms with Crippen LogP contribution in [-0.4, -0.2) is 45.2 Å². The number of hydrogen-bond donors (Lipinski definition) is 1. The number of esters is 1. The highest BCUT2D eigenvalue weighted by atomic mass is 16.7. The molecule has 0 aliphatic heterocycles. The second-order valence-electron chi connectivity index (χ2n) is 3.27. The van der Waals surface area contributed by atoms with Crippen LogP contribution in [0.4, 0.5) is 0 Å². The molecular weight excluding hydrogens is 198 g/mol. The van der Waals surface area contributed by atoms with E-state index in [-0.39, 0.29) is 24.3 Å². The summed E-state index contributed by atoms with van der Waals surface area (Å²) in [7, 11) is 3.11. The lowest BCUT2D eigenvalue weighted by Crippen LogP contribution is -2.47. The van der Waals surface area contributed by atoms with E-state index in [1.54, 1.807) is 28.1 Å². The highest BCUT2D eigenvalue weighted by molar-refractivity contribution is 5.75. The summed E-state index contributed by atoms with van der Waals surface area (Å²) >= 11 is 0. The smallest absolute Gasteiger partial charge is 0.322 e. The maximum atomic E-state index is 11.3. The molecule has 0 aromatic carbocycles. The van der Waals surface area contributed by atoms with Crippen molar-refractivity contribution in [2.24, 2.45) is 0 Å². The Morgan fingerprint density at radius 3 is 2.20 bits per heavy atom. The quantitative estimate of drug-likeness (QED) is 0.500. The third-order valence-corrected chi connectivity index (χ3v) is 2.03. The number of rotatable bonds is 7. The monoisotopic (exact) mass is 219 g/mol. The van der Waals surface area contributed by atoms with Gasteiger partial charge in [0.15, 0.2) is 6.29 Å². The molecule has 2 unspecified atom stereocenters. The van der Waals surface area contributed by atoms with E-state index >= 15 is 0 Å². The van der Waals surface area contributed by atoms with Gasteiger partial charge in [-0.3, -0.25) is 10.1 Å². The van der Waals surface area contributed by atoms with Crippen LogP contribution in [0.15, 0.2) is 0 Å². The minimum Gasteiger partial charge on any atom is -0.465 e. The molecule has 90 valence electrons. The van der Waals surface area contributed by atoms with Crippen LogP contribution in [0.25, 0.3) is 0 Å². The number of ether oxygens (including phenoxy) is 3. The molecule has 0 heterocycles. The number of carbonyl (C=O) groups excluding carboxylic acids is 1. The molecule has 0 aliphatic carbocycles. The lowest BCUT2D eigenvalue weighted by Gasteiger charge is -2.24. The van der Waals surface area contributed by atoms with Crippen molar-refractivity contribution in [1.29, 1.82) is 0 Å². The van der Waals surface area contributed by atoms with E-state index in [0.717, 1.165) is 0 Å². The Morgan fingerprint density at radius 1 is 1.27 bits per heavy atom. The Hall–Kier alpha value is -0.650. The molecule has 1 N–H and O–H groups in total. The molecule has 0 aromatic rings. The molecule has 0 aromatic heterocycles. The fourth-order valence-electron chi connectivity index (χ4n) is 1.31. The van der Waals surface area contributed by atoms with Crippen molar-refractivity contribution in [3.05, 3.63) is 0 Å². The summed E-state index contributed by atoms with van der Waals surface area (Å²) in [6, 6.07) is -0.452. The van der Waals surface area contributed by atoms with Gasteiger partial charge in [-0.25, -0.2) is 0 Å². The van der Waals surface area contributed by atoms with Crippen LogP contribution in [0.2, 0.25) is 0 Å². The van der Waals surface area contributed by atoms with E-state index in [1.165, 1.54) is 0 Å². The highest BCUT2D eigenvalue weighted by Crippen LogP contribution is 2.00. The van der Waals surface area contributed by atoms with E-state index in [4.69, 9.17) is 14.2 Å². The fourth-order valence-corrected chi connectivity index (χ4v) is 1.31. The van der Waals surface area contributed by atoms with Gasteiger partial charge in [-0.15, -0.1) is 0 Å². The Balaban J connectivity index is 4.04. The number of methoxy groups -OCH3 is 2. The third kappa shape index (κ3) is 5.11. The van der Waals surface area contributed by atoms with Crippen LogP contribution >= 0.6 is 0 Å². The zero-order chi connectivity index (χ0) is 11.8. The first kappa shape index (κ1) is 14.3. The first-order chi connectivity index (χ1) is 7.06. The van der Waals surface area contributed by atoms with Gasteiger partial charge in [-0.2, -0.15) is 0 Å². The zero-order valence-corrected chi connectivity index (χ0v) is 10.1. The maximum absolute atomic E-state index is 11.3. The molecule has 5 nitrogen and oxygen atoms in total. The second kappa shape index (κ2) is 7.62. The van der Waals surface area contributed by atoms with Crippen LogP contribution in [-0.2, 0) is 19.0 Å². The Labute approximate surface area is 91.1 Å². The number of nitrogens with one attached hydrogen (secondary N) is 1. The van der Waals surface area contributed by atoms with Gasteiger partial charge in [0.1, 0.15) is 6.04 Å². The molecule has 0 fully saturated rings. The van der Waals surface area contributed by atoms with E-state index in [9.17, 15) is 4.79 Å². The molecular formula is C10H21NO4. The summed E-state index contributed by atoms with van der Waals surface area (Å²) in [5.74, 6) is -0.268. The zero-order valence-electron chi connectivity index (χ0n) is 10.1. The van der Waals surface area contributed by atoms with Gasteiger partial charge in [0, 0.05) is 14.2 Å². The van der Waals surface area contributed by atoms with Crippen LogP contribution in [0.1, 0.15) is 20.8 Å². The predicted molar refractivity (Wildman–Crippen MR) is 56.5 cm³/mol. The van der Waals surface area contributed by atoms with Gasteiger partial charge in [-0.05, 0) is 20.8 Å². The summed E-state index contributed by atoms with van der Waals surface area (Å²) in [5, 5.41) is 3.04. The third-order valence-electron chi connectivity index (χ3n) is 2.03. The lowest BCUT2D eigenvalue weighted by molar-refractivity contribution is -0.148. The molecule has 0 spiro atoms. The summed E-state index contributed by atoms with van der Waals surface area (Å²) in [6.45, 7) is 5.79. The standard InChI is InChI=1S/C10H21NO4/c1-6-15-9(12)7(2)11-8(3)10(13-4)14-5/h7-8,10-11H,6H2,1-5H3. The molecule has 0 amide bonds. The molecule has 0 radical (unpaired) electrons. The van der Waals surface area contributed by atoms with Gasteiger partial charge in [0.25, 0.3) is 0 Å². The molecule has 0 rings (SSSR count). The van der Waals surface area contributed by atoms with Gasteiger partial charge >= 0.3 is 5.97 Å². The molecule has 5 heteroatoms. The predicted octanol–water partition coefficient (Wildman–Crippen LogP) is 0.535. The molecule has 15 heavy (non-hydrogen) atoms. The topological polar surface area (TPSA) is 56.8 Å². The minimum atomic E-state index is -0.373. The van der Waals surface area contributed by atoms with Crippen molar-refractivity contribution >= 4 is 5.97 Å². The van der Waals surface area contributed by atoms with Crippen molar-refractivity contribution < 1.29 is 19.0 Å². The number of carbonyl (C=O) groups is 1. The number of hydrogen-bond acceptors (Lipinski definition) is 5. The van der Waals surface area contributed by atoms with Gasteiger partial charge in [0.2, 0.25) is 0 Å². The average Bonchev–Trinajstić information content (AvgIpc) is 2.19. The molecule has 0 aliphatic rings. The summed E-state index contributed by atoms with van der Waals surface area (Å²) < 4.78 is 15.0. The highest BCUT2D eigenvalue weighted by Gasteiger charge is 2.21. The van der Waals surface area contributed by atoms with Crippen LogP contribution in [0, 0.1) is 0 Å². The van der Waals surface area contributed by atoms with Crippen LogP contribution in [0.5, 0.6) is 0 Å². The summed E-state index contributed by atoms with van der Waals surface area (Å²) in [4.78, 5) is 11.3. The van der Waals surface area contributed by atoms with E-state index in [0.29, 0.717) is 6.61 Å². The van der Waals surface area contributed by atoms with E-state index < -0.39 is 0 Å². The minimum absolute atomic E-state index is 0.0839. The van der Waals surface area contributed by atoms with Gasteiger partial charge in [-0.1, -0.05) is 0 Å². The SMILES string of the molecule is CCOC(=O)C(C)NC(C)C(OC)OC. The van der Waals surface area contributed by atoms with Crippen molar-refractivity contribution in [1.82, 2.24) is 5.32 Å². The largest absolute Gasteiger partial charge is 0.465 e. The van der Waals surface area contributed by atoms with E-state index in [1.807, 2.05) is 6.92 Å². The molecule has 0 saturated heterocycles. The van der Waals surface area contributed by atoms with Gasteiger partial charge in [0.05, 0.1) is 12.6 Å². The Kier molecular flexibility index (Phi) is 7.29. The second-order valence-corrected chi connectivity index (χ2v) is 3.27. The maximum Gasteiger partial charge on any atom is 0.322 e. The Bertz CT molecular complexity index is 182. The molecule has 0 bridgehead atoms. The lowest BCUT2D eigenvalue weighted by atomic mass is 10.2. The van der Waals surface area contributed by atoms with Crippen molar-refractivity contribution in [3.8, 4) is 0 Å². The van der Waals surface area contributed by atoms with Crippen molar-refractivity contribution in [2.75, 3.05) is 20.8 Å². The van der Waals surface area contributed by atoms with Crippen LogP contribution < -0.4 is 5.32 Å². The van der Waals surface area contributed by atoms with Gasteiger partial charge < -0.3 is 14.2 Å². The van der Waals surface area contributed by atoms with Crippen molar-refractivity contribution in [2.45, 2.75) is 39.1 Å². The first-order valence-corrected chi connectivity index (χ1v) is 5.05. The Morgan fingerprint density at radius 2 is 1.80 bits per heavy atom. The van der Waals surface area contributed by atoms with Crippen molar-refractivity contribution in [3.63, 3.8) is 0 Å².